The number of anilines is 2. The molecule has 0 spiro atoms. The fourth-order valence-corrected chi connectivity index (χ4v) is 6.39. The van der Waals surface area contributed by atoms with Crippen LogP contribution in [0.25, 0.3) is 0 Å². The molecule has 0 unspecified atom stereocenters. The van der Waals surface area contributed by atoms with E-state index in [1.807, 2.05) is 0 Å². The molecule has 0 aliphatic carbocycles. The van der Waals surface area contributed by atoms with Crippen molar-refractivity contribution in [2.75, 3.05) is 9.44 Å². The summed E-state index contributed by atoms with van der Waals surface area (Å²) in [6.07, 6.45) is 0. The molecule has 12 heteroatoms. The normalized spacial score (nSPS) is 12.1. The molecule has 0 saturated carbocycles. The summed E-state index contributed by atoms with van der Waals surface area (Å²) >= 11 is 1.07. The highest BCUT2D eigenvalue weighted by molar-refractivity contribution is 7.94. The summed E-state index contributed by atoms with van der Waals surface area (Å²) in [4.78, 5) is 12.9. The van der Waals surface area contributed by atoms with Crippen LogP contribution in [0.3, 0.4) is 0 Å². The molecular weight excluding hydrogens is 532 g/mol. The van der Waals surface area contributed by atoms with Gasteiger partial charge in [0.15, 0.2) is 0 Å². The standard InChI is InChI=1S/C25H22N4O5S3/c1-18(19-13-15-20(16-14-19)28-36(31,32)21-8-3-2-4-9-21)26-27-25(30)22-10-5-6-11-23(22)29-37(33,34)24-12-7-17-35-24/h2-17,28-29H,1H3,(H,27,30)/b26-18+. The number of thiophene rings is 1. The Balaban J connectivity index is 1.45. The molecule has 190 valence electrons. The van der Waals surface area contributed by atoms with Crippen molar-refractivity contribution in [3.8, 4) is 0 Å². The summed E-state index contributed by atoms with van der Waals surface area (Å²) in [5.41, 5.74) is 4.14. The van der Waals surface area contributed by atoms with Crippen molar-refractivity contribution < 1.29 is 21.6 Å². The third-order valence-corrected chi connectivity index (χ3v) is 9.27. The molecule has 0 aliphatic rings. The third-order valence-electron chi connectivity index (χ3n) is 5.11. The Morgan fingerprint density at radius 1 is 0.757 bits per heavy atom. The van der Waals surface area contributed by atoms with Crippen molar-refractivity contribution in [2.45, 2.75) is 16.0 Å². The minimum Gasteiger partial charge on any atom is -0.280 e. The predicted octanol–water partition coefficient (Wildman–Crippen LogP) is 4.50. The van der Waals surface area contributed by atoms with Crippen LogP contribution < -0.4 is 14.9 Å². The number of carbonyl (C=O) groups is 1. The maximum Gasteiger partial charge on any atom is 0.273 e. The molecule has 4 rings (SSSR count). The zero-order chi connectivity index (χ0) is 26.5. The number of nitrogens with one attached hydrogen (secondary N) is 3. The number of benzene rings is 3. The van der Waals surface area contributed by atoms with E-state index in [0.717, 1.165) is 11.3 Å². The second-order valence-electron chi connectivity index (χ2n) is 7.72. The maximum absolute atomic E-state index is 12.8. The van der Waals surface area contributed by atoms with E-state index in [9.17, 15) is 21.6 Å². The summed E-state index contributed by atoms with van der Waals surface area (Å²) in [5, 5.41) is 5.76. The Morgan fingerprint density at radius 3 is 2.11 bits per heavy atom. The molecule has 4 aromatic rings. The number of hydrogen-bond acceptors (Lipinski definition) is 7. The van der Waals surface area contributed by atoms with E-state index in [0.29, 0.717) is 17.0 Å². The van der Waals surface area contributed by atoms with Crippen LogP contribution in [-0.2, 0) is 20.0 Å². The molecule has 1 amide bonds. The molecule has 0 bridgehead atoms. The van der Waals surface area contributed by atoms with Crippen LogP contribution in [0.4, 0.5) is 11.4 Å². The molecule has 3 aromatic carbocycles. The second kappa shape index (κ2) is 10.9. The Bertz CT molecular complexity index is 1630. The van der Waals surface area contributed by atoms with Gasteiger partial charge in [-0.3, -0.25) is 14.2 Å². The van der Waals surface area contributed by atoms with E-state index in [-0.39, 0.29) is 20.4 Å². The summed E-state index contributed by atoms with van der Waals surface area (Å²) in [6.45, 7) is 1.68. The average Bonchev–Trinajstić information content (AvgIpc) is 3.44. The van der Waals surface area contributed by atoms with Crippen molar-refractivity contribution >= 4 is 54.4 Å². The summed E-state index contributed by atoms with van der Waals surface area (Å²) in [5.74, 6) is -0.601. The van der Waals surface area contributed by atoms with Crippen molar-refractivity contribution in [1.29, 1.82) is 0 Å². The van der Waals surface area contributed by atoms with Gasteiger partial charge in [0.1, 0.15) is 4.21 Å². The molecule has 9 nitrogen and oxygen atoms in total. The van der Waals surface area contributed by atoms with E-state index in [2.05, 4.69) is 20.0 Å². The first-order valence-corrected chi connectivity index (χ1v) is 14.7. The van der Waals surface area contributed by atoms with E-state index < -0.39 is 26.0 Å². The van der Waals surface area contributed by atoms with Crippen LogP contribution in [-0.4, -0.2) is 28.5 Å². The van der Waals surface area contributed by atoms with Crippen LogP contribution in [0.2, 0.25) is 0 Å². The quantitative estimate of drug-likeness (QED) is 0.207. The third kappa shape index (κ3) is 6.42. The van der Waals surface area contributed by atoms with Crippen LogP contribution in [0, 0.1) is 0 Å². The van der Waals surface area contributed by atoms with E-state index in [1.54, 1.807) is 73.0 Å². The molecule has 0 radical (unpaired) electrons. The van der Waals surface area contributed by atoms with Crippen LogP contribution in [0.5, 0.6) is 0 Å². The number of rotatable bonds is 9. The zero-order valence-corrected chi connectivity index (χ0v) is 21.9. The second-order valence-corrected chi connectivity index (χ2v) is 12.3. The monoisotopic (exact) mass is 554 g/mol. The highest BCUT2D eigenvalue weighted by atomic mass is 32.2. The number of para-hydroxylation sites is 1. The van der Waals surface area contributed by atoms with Gasteiger partial charge in [-0.05, 0) is 60.3 Å². The molecule has 0 atom stereocenters. The number of hydrazone groups is 1. The fourth-order valence-electron chi connectivity index (χ4n) is 3.23. The average molecular weight is 555 g/mol. The first kappa shape index (κ1) is 26.1. The van der Waals surface area contributed by atoms with Gasteiger partial charge in [0.25, 0.3) is 26.0 Å². The van der Waals surface area contributed by atoms with Gasteiger partial charge >= 0.3 is 0 Å². The highest BCUT2D eigenvalue weighted by Gasteiger charge is 2.19. The maximum atomic E-state index is 12.8. The molecule has 37 heavy (non-hydrogen) atoms. The number of sulfonamides is 2. The van der Waals surface area contributed by atoms with Gasteiger partial charge in [0.05, 0.1) is 21.9 Å². The molecule has 0 saturated heterocycles. The number of amides is 1. The first-order chi connectivity index (χ1) is 17.7. The van der Waals surface area contributed by atoms with Gasteiger partial charge in [0, 0.05) is 5.69 Å². The Labute approximate surface area is 219 Å². The van der Waals surface area contributed by atoms with Crippen molar-refractivity contribution in [1.82, 2.24) is 5.43 Å². The SMILES string of the molecule is C/C(=N\NC(=O)c1ccccc1NS(=O)(=O)c1cccs1)c1ccc(NS(=O)(=O)c2ccccc2)cc1. The molecule has 0 aliphatic heterocycles. The summed E-state index contributed by atoms with van der Waals surface area (Å²) in [7, 11) is -7.55. The molecule has 3 N–H and O–H groups in total. The number of nitrogens with zero attached hydrogens (tertiary/aromatic N) is 1. The molecule has 1 heterocycles. The molecule has 0 fully saturated rings. The number of hydrogen-bond donors (Lipinski definition) is 3. The molecule has 1 aromatic heterocycles. The van der Waals surface area contributed by atoms with Crippen molar-refractivity contribution in [3.05, 3.63) is 108 Å². The van der Waals surface area contributed by atoms with Crippen LogP contribution in [0.1, 0.15) is 22.8 Å². The van der Waals surface area contributed by atoms with Crippen LogP contribution >= 0.6 is 11.3 Å². The van der Waals surface area contributed by atoms with Gasteiger partial charge in [-0.25, -0.2) is 22.3 Å². The van der Waals surface area contributed by atoms with Gasteiger partial charge in [-0.1, -0.05) is 48.5 Å². The van der Waals surface area contributed by atoms with Gasteiger partial charge in [-0.2, -0.15) is 5.10 Å². The smallest absolute Gasteiger partial charge is 0.273 e. The van der Waals surface area contributed by atoms with Crippen molar-refractivity contribution in [2.24, 2.45) is 5.10 Å². The summed E-state index contributed by atoms with van der Waals surface area (Å²) in [6, 6.07) is 23.8. The summed E-state index contributed by atoms with van der Waals surface area (Å²) < 4.78 is 55.2. The first-order valence-electron chi connectivity index (χ1n) is 10.8. The fraction of sp³-hybridized carbons (Fsp3) is 0.0400. The Hall–Kier alpha value is -4.00. The van der Waals surface area contributed by atoms with Crippen molar-refractivity contribution in [3.63, 3.8) is 0 Å². The Morgan fingerprint density at radius 2 is 1.43 bits per heavy atom. The topological polar surface area (TPSA) is 134 Å². The van der Waals surface area contributed by atoms with E-state index in [1.165, 1.54) is 30.3 Å². The minimum absolute atomic E-state index is 0.102. The van der Waals surface area contributed by atoms with Gasteiger partial charge < -0.3 is 0 Å². The van der Waals surface area contributed by atoms with Gasteiger partial charge in [-0.15, -0.1) is 11.3 Å². The lowest BCUT2D eigenvalue weighted by molar-refractivity contribution is 0.0955. The lowest BCUT2D eigenvalue weighted by Gasteiger charge is -2.11. The van der Waals surface area contributed by atoms with Gasteiger partial charge in [0.2, 0.25) is 0 Å². The van der Waals surface area contributed by atoms with Crippen LogP contribution in [0.15, 0.2) is 111 Å². The highest BCUT2D eigenvalue weighted by Crippen LogP contribution is 2.23. The molecular formula is C25H22N4O5S3. The minimum atomic E-state index is -3.83. The lowest BCUT2D eigenvalue weighted by Crippen LogP contribution is -2.22. The largest absolute Gasteiger partial charge is 0.280 e. The van der Waals surface area contributed by atoms with E-state index >= 15 is 0 Å². The predicted molar refractivity (Wildman–Crippen MR) is 145 cm³/mol. The lowest BCUT2D eigenvalue weighted by atomic mass is 10.1. The zero-order valence-electron chi connectivity index (χ0n) is 19.5. The number of carbonyl (C=O) groups excluding carboxylic acids is 1. The van der Waals surface area contributed by atoms with E-state index in [4.69, 9.17) is 0 Å². The Kier molecular flexibility index (Phi) is 7.71.